The molecule has 0 amide bonds. The molecule has 0 spiro atoms. The lowest BCUT2D eigenvalue weighted by Gasteiger charge is -2.26. The molecule has 0 aliphatic carbocycles. The van der Waals surface area contributed by atoms with Crippen LogP contribution in [0.15, 0.2) is 11.1 Å². The Morgan fingerprint density at radius 1 is 1.43 bits per heavy atom. The molecular formula is C10H19BrN2O. The van der Waals surface area contributed by atoms with E-state index in [1.165, 1.54) is 13.0 Å². The minimum absolute atomic E-state index is 0.864. The molecule has 1 fully saturated rings. The fourth-order valence-electron chi connectivity index (χ4n) is 1.48. The second kappa shape index (κ2) is 7.40. The normalized spacial score (nSPS) is 18.4. The molecule has 1 rings (SSSR count). The molecule has 1 heterocycles. The Hall–Kier alpha value is 0.1000. The number of nitrogens with zero attached hydrogens (tertiary/aromatic N) is 1. The Morgan fingerprint density at radius 2 is 2.14 bits per heavy atom. The number of morpholine rings is 1. The van der Waals surface area contributed by atoms with E-state index in [-0.39, 0.29) is 0 Å². The van der Waals surface area contributed by atoms with E-state index >= 15 is 0 Å². The predicted molar refractivity (Wildman–Crippen MR) is 62.8 cm³/mol. The lowest BCUT2D eigenvalue weighted by molar-refractivity contribution is 0.0375. The standard InChI is InChI=1S/C10H19BrN2O/c1-10(11)9-12-3-2-4-13-5-7-14-8-6-13/h12H,1-9H2. The first-order chi connectivity index (χ1) is 6.79. The van der Waals surface area contributed by atoms with Crippen molar-refractivity contribution in [2.45, 2.75) is 6.42 Å². The van der Waals surface area contributed by atoms with E-state index in [0.29, 0.717) is 0 Å². The first kappa shape index (κ1) is 12.2. The number of hydrogen-bond acceptors (Lipinski definition) is 3. The summed E-state index contributed by atoms with van der Waals surface area (Å²) < 4.78 is 6.30. The molecule has 0 saturated carbocycles. The van der Waals surface area contributed by atoms with Gasteiger partial charge in [0.15, 0.2) is 0 Å². The van der Waals surface area contributed by atoms with Crippen molar-refractivity contribution in [2.24, 2.45) is 0 Å². The zero-order valence-electron chi connectivity index (χ0n) is 8.60. The summed E-state index contributed by atoms with van der Waals surface area (Å²) in [5.74, 6) is 0. The van der Waals surface area contributed by atoms with Gasteiger partial charge in [-0.2, -0.15) is 0 Å². The van der Waals surface area contributed by atoms with Gasteiger partial charge in [-0.3, -0.25) is 4.90 Å². The van der Waals surface area contributed by atoms with Gasteiger partial charge in [-0.25, -0.2) is 0 Å². The Bertz CT molecular complexity index is 170. The van der Waals surface area contributed by atoms with E-state index in [4.69, 9.17) is 4.74 Å². The number of rotatable bonds is 6. The summed E-state index contributed by atoms with van der Waals surface area (Å²) in [6.45, 7) is 10.8. The van der Waals surface area contributed by atoms with Crippen LogP contribution in [0, 0.1) is 0 Å². The number of halogens is 1. The zero-order valence-corrected chi connectivity index (χ0v) is 10.2. The van der Waals surface area contributed by atoms with E-state index in [1.54, 1.807) is 0 Å². The maximum absolute atomic E-state index is 5.28. The van der Waals surface area contributed by atoms with Crippen molar-refractivity contribution in [3.8, 4) is 0 Å². The summed E-state index contributed by atoms with van der Waals surface area (Å²) in [5, 5.41) is 3.32. The number of hydrogen-bond donors (Lipinski definition) is 1. The molecule has 3 nitrogen and oxygen atoms in total. The van der Waals surface area contributed by atoms with Crippen LogP contribution in [-0.4, -0.2) is 50.8 Å². The van der Waals surface area contributed by atoms with Crippen LogP contribution in [0.1, 0.15) is 6.42 Å². The molecule has 14 heavy (non-hydrogen) atoms. The van der Waals surface area contributed by atoms with E-state index < -0.39 is 0 Å². The second-order valence-electron chi connectivity index (χ2n) is 3.50. The third-order valence-corrected chi connectivity index (χ3v) is 2.53. The molecule has 1 N–H and O–H groups in total. The first-order valence-corrected chi connectivity index (χ1v) is 5.92. The number of ether oxygens (including phenoxy) is 1. The molecule has 0 atom stereocenters. The van der Waals surface area contributed by atoms with Crippen molar-refractivity contribution in [1.29, 1.82) is 0 Å². The molecule has 0 unspecified atom stereocenters. The summed E-state index contributed by atoms with van der Waals surface area (Å²) in [4.78, 5) is 2.45. The van der Waals surface area contributed by atoms with Crippen LogP contribution >= 0.6 is 15.9 Å². The van der Waals surface area contributed by atoms with Crippen LogP contribution in [0.2, 0.25) is 0 Å². The average Bonchev–Trinajstić information content (AvgIpc) is 2.18. The molecule has 4 heteroatoms. The van der Waals surface area contributed by atoms with Crippen molar-refractivity contribution in [2.75, 3.05) is 45.9 Å². The van der Waals surface area contributed by atoms with E-state index in [1.807, 2.05) is 0 Å². The van der Waals surface area contributed by atoms with Crippen molar-refractivity contribution < 1.29 is 4.74 Å². The van der Waals surface area contributed by atoms with E-state index in [0.717, 1.165) is 43.9 Å². The minimum atomic E-state index is 0.864. The van der Waals surface area contributed by atoms with Crippen molar-refractivity contribution in [3.63, 3.8) is 0 Å². The van der Waals surface area contributed by atoms with Crippen molar-refractivity contribution in [3.05, 3.63) is 11.1 Å². The molecule has 0 radical (unpaired) electrons. The molecule has 0 aromatic rings. The van der Waals surface area contributed by atoms with Gasteiger partial charge in [-0.1, -0.05) is 22.5 Å². The van der Waals surface area contributed by atoms with Gasteiger partial charge in [0.25, 0.3) is 0 Å². The molecule has 0 aromatic heterocycles. The third-order valence-electron chi connectivity index (χ3n) is 2.25. The molecule has 0 aromatic carbocycles. The fraction of sp³-hybridized carbons (Fsp3) is 0.800. The molecule has 1 saturated heterocycles. The van der Waals surface area contributed by atoms with Crippen LogP contribution in [0.3, 0.4) is 0 Å². The third kappa shape index (κ3) is 5.75. The minimum Gasteiger partial charge on any atom is -0.379 e. The predicted octanol–water partition coefficient (Wildman–Crippen LogP) is 1.21. The lowest BCUT2D eigenvalue weighted by atomic mass is 10.3. The van der Waals surface area contributed by atoms with E-state index in [2.05, 4.69) is 32.7 Å². The Balaban J connectivity index is 1.90. The van der Waals surface area contributed by atoms with Gasteiger partial charge in [0, 0.05) is 24.1 Å². The highest BCUT2D eigenvalue weighted by Gasteiger charge is 2.08. The van der Waals surface area contributed by atoms with Gasteiger partial charge < -0.3 is 10.1 Å². The van der Waals surface area contributed by atoms with Gasteiger partial charge in [0.2, 0.25) is 0 Å². The van der Waals surface area contributed by atoms with Gasteiger partial charge in [-0.05, 0) is 19.5 Å². The van der Waals surface area contributed by atoms with Gasteiger partial charge in [-0.15, -0.1) is 0 Å². The quantitative estimate of drug-likeness (QED) is 0.729. The maximum atomic E-state index is 5.28. The van der Waals surface area contributed by atoms with Crippen LogP contribution in [0.25, 0.3) is 0 Å². The average molecular weight is 263 g/mol. The van der Waals surface area contributed by atoms with Gasteiger partial charge >= 0.3 is 0 Å². The molecular weight excluding hydrogens is 244 g/mol. The summed E-state index contributed by atoms with van der Waals surface area (Å²) in [6, 6.07) is 0. The van der Waals surface area contributed by atoms with Crippen LogP contribution in [0.4, 0.5) is 0 Å². The molecule has 1 aliphatic heterocycles. The highest BCUT2D eigenvalue weighted by molar-refractivity contribution is 9.11. The van der Waals surface area contributed by atoms with Crippen LogP contribution < -0.4 is 5.32 Å². The highest BCUT2D eigenvalue weighted by Crippen LogP contribution is 1.98. The largest absolute Gasteiger partial charge is 0.379 e. The van der Waals surface area contributed by atoms with Crippen molar-refractivity contribution >= 4 is 15.9 Å². The SMILES string of the molecule is C=C(Br)CNCCCN1CCOCC1. The summed E-state index contributed by atoms with van der Waals surface area (Å²) in [7, 11) is 0. The van der Waals surface area contributed by atoms with Crippen LogP contribution in [0.5, 0.6) is 0 Å². The topological polar surface area (TPSA) is 24.5 Å². The molecule has 0 bridgehead atoms. The number of nitrogens with one attached hydrogen (secondary N) is 1. The Morgan fingerprint density at radius 3 is 2.79 bits per heavy atom. The summed E-state index contributed by atoms with van der Waals surface area (Å²) >= 11 is 3.32. The van der Waals surface area contributed by atoms with Crippen molar-refractivity contribution in [1.82, 2.24) is 10.2 Å². The fourth-order valence-corrected chi connectivity index (χ4v) is 1.67. The first-order valence-electron chi connectivity index (χ1n) is 5.13. The summed E-state index contributed by atoms with van der Waals surface area (Å²) in [6.07, 6.45) is 1.19. The molecule has 82 valence electrons. The van der Waals surface area contributed by atoms with Gasteiger partial charge in [0.1, 0.15) is 0 Å². The lowest BCUT2D eigenvalue weighted by Crippen LogP contribution is -2.37. The second-order valence-corrected chi connectivity index (χ2v) is 4.62. The highest BCUT2D eigenvalue weighted by atomic mass is 79.9. The monoisotopic (exact) mass is 262 g/mol. The summed E-state index contributed by atoms with van der Waals surface area (Å²) in [5.41, 5.74) is 0. The molecule has 1 aliphatic rings. The maximum Gasteiger partial charge on any atom is 0.0594 e. The van der Waals surface area contributed by atoms with Crippen LogP contribution in [-0.2, 0) is 4.74 Å². The van der Waals surface area contributed by atoms with Gasteiger partial charge in [0.05, 0.1) is 13.2 Å². The zero-order chi connectivity index (χ0) is 10.2. The smallest absolute Gasteiger partial charge is 0.0594 e. The Labute approximate surface area is 94.6 Å². The Kier molecular flexibility index (Phi) is 6.43. The van der Waals surface area contributed by atoms with E-state index in [9.17, 15) is 0 Å².